The smallest absolute Gasteiger partial charge is 0.243 e. The van der Waals surface area contributed by atoms with E-state index in [9.17, 15) is 19.2 Å². The summed E-state index contributed by atoms with van der Waals surface area (Å²) >= 11 is 0. The van der Waals surface area contributed by atoms with E-state index in [0.29, 0.717) is 6.42 Å². The van der Waals surface area contributed by atoms with Gasteiger partial charge in [0.05, 0.1) is 6.04 Å². The first-order valence-corrected chi connectivity index (χ1v) is 15.6. The third kappa shape index (κ3) is 7.61. The zero-order valence-corrected chi connectivity index (χ0v) is 25.4. The number of nitrogens with one attached hydrogen (secondary N) is 5. The zero-order valence-electron chi connectivity index (χ0n) is 25.4. The van der Waals surface area contributed by atoms with Gasteiger partial charge in [-0.25, -0.2) is 0 Å². The molecule has 0 saturated carbocycles. The lowest BCUT2D eigenvalue weighted by Crippen LogP contribution is -2.57. The Labute approximate surface area is 267 Å². The van der Waals surface area contributed by atoms with Crippen molar-refractivity contribution >= 4 is 45.3 Å². The summed E-state index contributed by atoms with van der Waals surface area (Å²) in [6.45, 7) is 0.175. The van der Waals surface area contributed by atoms with Gasteiger partial charge in [-0.05, 0) is 39.9 Å². The highest BCUT2D eigenvalue weighted by Crippen LogP contribution is 2.20. The first-order valence-electron chi connectivity index (χ1n) is 15.6. The number of aromatic amines is 1. The Morgan fingerprint density at radius 2 is 1.28 bits per heavy atom. The molecule has 1 aliphatic heterocycles. The Bertz CT molecular complexity index is 1870. The SMILES string of the molecule is O=C1CCC(=O)N[C@@H](Cc2c[nH]c3ccccc23)C(=O)N[C@@H](Cc2ccccc2)C(=O)NC(Cc2ccc3ccccc3c2)CN1. The number of carbonyl (C=O) groups is 4. The van der Waals surface area contributed by atoms with E-state index in [1.54, 1.807) is 0 Å². The molecule has 9 heteroatoms. The van der Waals surface area contributed by atoms with Crippen LogP contribution < -0.4 is 21.3 Å². The summed E-state index contributed by atoms with van der Waals surface area (Å²) in [5, 5.41) is 14.9. The molecule has 5 aromatic rings. The van der Waals surface area contributed by atoms with Crippen LogP contribution in [0.25, 0.3) is 21.7 Å². The highest BCUT2D eigenvalue weighted by molar-refractivity contribution is 5.94. The van der Waals surface area contributed by atoms with Crippen molar-refractivity contribution in [2.45, 2.75) is 50.2 Å². The fourth-order valence-corrected chi connectivity index (χ4v) is 6.01. The summed E-state index contributed by atoms with van der Waals surface area (Å²) in [5.74, 6) is -1.55. The number of amides is 4. The van der Waals surface area contributed by atoms with E-state index in [1.807, 2.05) is 97.2 Å². The molecule has 0 radical (unpaired) electrons. The lowest BCUT2D eigenvalue weighted by Gasteiger charge is -2.27. The summed E-state index contributed by atoms with van der Waals surface area (Å²) in [6.07, 6.45) is 2.64. The average Bonchev–Trinajstić information content (AvgIpc) is 3.48. The molecule has 0 aliphatic carbocycles. The topological polar surface area (TPSA) is 132 Å². The van der Waals surface area contributed by atoms with Gasteiger partial charge < -0.3 is 26.3 Å². The van der Waals surface area contributed by atoms with Crippen LogP contribution in [0.1, 0.15) is 29.5 Å². The highest BCUT2D eigenvalue weighted by Gasteiger charge is 2.30. The van der Waals surface area contributed by atoms with Gasteiger partial charge in [0.2, 0.25) is 23.6 Å². The third-order valence-electron chi connectivity index (χ3n) is 8.43. The van der Waals surface area contributed by atoms with Crippen molar-refractivity contribution in [3.63, 3.8) is 0 Å². The Hall–Kier alpha value is -5.44. The molecule has 2 heterocycles. The van der Waals surface area contributed by atoms with Crippen LogP contribution in [0.4, 0.5) is 0 Å². The van der Waals surface area contributed by atoms with E-state index in [1.165, 1.54) is 0 Å². The molecule has 0 spiro atoms. The Morgan fingerprint density at radius 1 is 0.587 bits per heavy atom. The van der Waals surface area contributed by atoms with Crippen molar-refractivity contribution < 1.29 is 19.2 Å². The minimum absolute atomic E-state index is 0.0411. The minimum Gasteiger partial charge on any atom is -0.361 e. The molecule has 4 amide bonds. The number of para-hydroxylation sites is 1. The maximum absolute atomic E-state index is 14.0. The van der Waals surface area contributed by atoms with Crippen LogP contribution in [0.5, 0.6) is 0 Å². The highest BCUT2D eigenvalue weighted by atomic mass is 16.2. The van der Waals surface area contributed by atoms with Gasteiger partial charge in [-0.3, -0.25) is 19.2 Å². The predicted molar refractivity (Wildman–Crippen MR) is 178 cm³/mol. The average molecular weight is 616 g/mol. The minimum atomic E-state index is -0.961. The molecule has 0 bridgehead atoms. The number of aromatic nitrogens is 1. The lowest BCUT2D eigenvalue weighted by molar-refractivity contribution is -0.133. The first-order chi connectivity index (χ1) is 22.4. The van der Waals surface area contributed by atoms with Gasteiger partial charge >= 0.3 is 0 Å². The van der Waals surface area contributed by atoms with Gasteiger partial charge in [0, 0.05) is 49.3 Å². The first kappa shape index (κ1) is 30.6. The number of rotatable bonds is 6. The quantitative estimate of drug-likeness (QED) is 0.199. The van der Waals surface area contributed by atoms with Crippen LogP contribution in [0, 0.1) is 0 Å². The van der Waals surface area contributed by atoms with Gasteiger partial charge in [0.15, 0.2) is 0 Å². The maximum atomic E-state index is 14.0. The van der Waals surface area contributed by atoms with Crippen molar-refractivity contribution in [3.8, 4) is 0 Å². The summed E-state index contributed by atoms with van der Waals surface area (Å²) in [7, 11) is 0. The molecule has 1 aromatic heterocycles. The van der Waals surface area contributed by atoms with Crippen molar-refractivity contribution in [2.24, 2.45) is 0 Å². The number of hydrogen-bond donors (Lipinski definition) is 5. The maximum Gasteiger partial charge on any atom is 0.243 e. The van der Waals surface area contributed by atoms with Crippen molar-refractivity contribution in [3.05, 3.63) is 120 Å². The molecule has 6 rings (SSSR count). The van der Waals surface area contributed by atoms with Crippen molar-refractivity contribution in [1.29, 1.82) is 0 Å². The number of H-pyrrole nitrogens is 1. The lowest BCUT2D eigenvalue weighted by atomic mass is 9.99. The van der Waals surface area contributed by atoms with E-state index in [4.69, 9.17) is 0 Å². The molecule has 1 aliphatic rings. The largest absolute Gasteiger partial charge is 0.361 e. The molecule has 234 valence electrons. The number of benzene rings is 4. The van der Waals surface area contributed by atoms with E-state index in [-0.39, 0.29) is 44.0 Å². The van der Waals surface area contributed by atoms with Crippen LogP contribution in [0.15, 0.2) is 103 Å². The Kier molecular flexibility index (Phi) is 9.38. The molecule has 9 nitrogen and oxygen atoms in total. The second-order valence-electron chi connectivity index (χ2n) is 11.8. The van der Waals surface area contributed by atoms with Crippen LogP contribution in [0.2, 0.25) is 0 Å². The molecule has 1 saturated heterocycles. The second kappa shape index (κ2) is 14.1. The number of carbonyl (C=O) groups excluding carboxylic acids is 4. The summed E-state index contributed by atoms with van der Waals surface area (Å²) in [6, 6.07) is 29.1. The molecular weight excluding hydrogens is 578 g/mol. The Balaban J connectivity index is 1.28. The molecule has 3 atom stereocenters. The summed E-state index contributed by atoms with van der Waals surface area (Å²) in [5.41, 5.74) is 3.65. The predicted octanol–water partition coefficient (Wildman–Crippen LogP) is 3.71. The van der Waals surface area contributed by atoms with Crippen molar-refractivity contribution in [2.75, 3.05) is 6.54 Å². The molecule has 46 heavy (non-hydrogen) atoms. The van der Waals surface area contributed by atoms with Crippen LogP contribution in [-0.2, 0) is 38.4 Å². The fraction of sp³-hybridized carbons (Fsp3) is 0.243. The molecular formula is C37H37N5O4. The van der Waals surface area contributed by atoms with Gasteiger partial charge in [-0.15, -0.1) is 0 Å². The van der Waals surface area contributed by atoms with Crippen LogP contribution in [-0.4, -0.2) is 53.3 Å². The number of fused-ring (bicyclic) bond motifs is 2. The summed E-state index contributed by atoms with van der Waals surface area (Å²) in [4.78, 5) is 56.9. The van der Waals surface area contributed by atoms with Gasteiger partial charge in [0.25, 0.3) is 0 Å². The second-order valence-corrected chi connectivity index (χ2v) is 11.8. The Morgan fingerprint density at radius 3 is 2.13 bits per heavy atom. The number of hydrogen-bond acceptors (Lipinski definition) is 4. The summed E-state index contributed by atoms with van der Waals surface area (Å²) < 4.78 is 0. The zero-order chi connectivity index (χ0) is 31.9. The third-order valence-corrected chi connectivity index (χ3v) is 8.43. The van der Waals surface area contributed by atoms with E-state index < -0.39 is 29.9 Å². The van der Waals surface area contributed by atoms with E-state index >= 15 is 0 Å². The van der Waals surface area contributed by atoms with Crippen LogP contribution >= 0.6 is 0 Å². The normalized spacial score (nSPS) is 20.0. The van der Waals surface area contributed by atoms with Crippen LogP contribution in [0.3, 0.4) is 0 Å². The molecule has 5 N–H and O–H groups in total. The monoisotopic (exact) mass is 615 g/mol. The standard InChI is InChI=1S/C37H37N5O4/c43-34-16-17-35(44)41-33(21-28-22-38-31-13-7-6-12-30(28)31)37(46)42-32(20-24-8-2-1-3-9-24)36(45)40-29(23-39-34)19-25-14-15-26-10-4-5-11-27(26)18-25/h1-15,18,22,29,32-33,38H,16-17,19-21,23H2,(H,39,43)(H,40,45)(H,41,44)(H,42,46)/t29?,32-,33-/m0/s1. The van der Waals surface area contributed by atoms with Crippen molar-refractivity contribution in [1.82, 2.24) is 26.3 Å². The van der Waals surface area contributed by atoms with Gasteiger partial charge in [0.1, 0.15) is 12.1 Å². The van der Waals surface area contributed by atoms with Gasteiger partial charge in [-0.1, -0.05) is 91.0 Å². The molecule has 1 unspecified atom stereocenters. The van der Waals surface area contributed by atoms with E-state index in [2.05, 4.69) is 32.3 Å². The van der Waals surface area contributed by atoms with Gasteiger partial charge in [-0.2, -0.15) is 0 Å². The molecule has 4 aromatic carbocycles. The van der Waals surface area contributed by atoms with E-state index in [0.717, 1.165) is 38.4 Å². The fourth-order valence-electron chi connectivity index (χ4n) is 6.01. The molecule has 1 fully saturated rings.